The number of amides is 1. The molecule has 1 heterocycles. The van der Waals surface area contributed by atoms with E-state index < -0.39 is 11.5 Å². The van der Waals surface area contributed by atoms with Crippen LogP contribution in [0.1, 0.15) is 42.1 Å². The number of benzene rings is 2. The first-order valence-electron chi connectivity index (χ1n) is 9.24. The second-order valence-corrected chi connectivity index (χ2v) is 7.13. The lowest BCUT2D eigenvalue weighted by molar-refractivity contribution is -0.135. The average Bonchev–Trinajstić information content (AvgIpc) is 3.00. The fourth-order valence-corrected chi connectivity index (χ4v) is 3.79. The summed E-state index contributed by atoms with van der Waals surface area (Å²) >= 11 is 0. The van der Waals surface area contributed by atoms with Crippen LogP contribution in [0.5, 0.6) is 11.5 Å². The highest BCUT2D eigenvalue weighted by molar-refractivity contribution is 6.20. The van der Waals surface area contributed by atoms with E-state index >= 15 is 0 Å². The lowest BCUT2D eigenvalue weighted by Gasteiger charge is -2.34. The van der Waals surface area contributed by atoms with E-state index in [-0.39, 0.29) is 17.4 Å². The Bertz CT molecular complexity index is 844. The van der Waals surface area contributed by atoms with Crippen LogP contribution in [0.3, 0.4) is 0 Å². The Balaban J connectivity index is 2.22. The van der Waals surface area contributed by atoms with Crippen molar-refractivity contribution in [3.63, 3.8) is 0 Å². The standard InChI is InChI=1S/C22H25NO4/c1-4-5-10-19-22(21(26)23(2)3,17-8-6-7-9-18(17)27-19)20(25)15-11-13-16(24)14-12-15/h6-9,11-14,19,24H,4-5,10H2,1-3H3. The number of carbonyl (C=O) groups is 2. The zero-order valence-corrected chi connectivity index (χ0v) is 15.9. The van der Waals surface area contributed by atoms with Gasteiger partial charge in [-0.05, 0) is 43.2 Å². The van der Waals surface area contributed by atoms with Crippen LogP contribution in [-0.4, -0.2) is 41.9 Å². The fourth-order valence-electron chi connectivity index (χ4n) is 3.79. The Hall–Kier alpha value is -2.82. The normalized spacial score (nSPS) is 20.6. The predicted molar refractivity (Wildman–Crippen MR) is 103 cm³/mol. The van der Waals surface area contributed by atoms with E-state index in [1.165, 1.54) is 17.0 Å². The monoisotopic (exact) mass is 367 g/mol. The van der Waals surface area contributed by atoms with Crippen LogP contribution in [0, 0.1) is 0 Å². The van der Waals surface area contributed by atoms with E-state index in [2.05, 4.69) is 6.92 Å². The number of phenols is 1. The van der Waals surface area contributed by atoms with Crippen LogP contribution in [0.15, 0.2) is 48.5 Å². The molecule has 1 amide bonds. The van der Waals surface area contributed by atoms with E-state index in [1.807, 2.05) is 18.2 Å². The van der Waals surface area contributed by atoms with Gasteiger partial charge in [-0.15, -0.1) is 0 Å². The van der Waals surface area contributed by atoms with E-state index in [0.717, 1.165) is 12.8 Å². The number of fused-ring (bicyclic) bond motifs is 1. The van der Waals surface area contributed by atoms with Crippen molar-refractivity contribution in [1.29, 1.82) is 0 Å². The number of ketones is 1. The Labute approximate surface area is 159 Å². The maximum atomic E-state index is 13.8. The third-order valence-electron chi connectivity index (χ3n) is 5.12. The van der Waals surface area contributed by atoms with Crippen LogP contribution < -0.4 is 4.74 Å². The van der Waals surface area contributed by atoms with Gasteiger partial charge in [-0.3, -0.25) is 9.59 Å². The Morgan fingerprint density at radius 3 is 2.41 bits per heavy atom. The number of para-hydroxylation sites is 1. The minimum absolute atomic E-state index is 0.0742. The second kappa shape index (κ2) is 7.43. The molecule has 3 rings (SSSR count). The van der Waals surface area contributed by atoms with E-state index in [1.54, 1.807) is 32.3 Å². The maximum absolute atomic E-state index is 13.8. The highest BCUT2D eigenvalue weighted by Crippen LogP contribution is 2.47. The Morgan fingerprint density at radius 1 is 1.11 bits per heavy atom. The van der Waals surface area contributed by atoms with Gasteiger partial charge in [-0.2, -0.15) is 0 Å². The van der Waals surface area contributed by atoms with Gasteiger partial charge in [0.05, 0.1) is 0 Å². The number of rotatable bonds is 6. The molecular weight excluding hydrogens is 342 g/mol. The predicted octanol–water partition coefficient (Wildman–Crippen LogP) is 3.55. The number of aromatic hydroxyl groups is 1. The van der Waals surface area contributed by atoms with Crippen molar-refractivity contribution in [2.45, 2.75) is 37.7 Å². The first-order chi connectivity index (χ1) is 12.9. The molecular formula is C22H25NO4. The number of likely N-dealkylation sites (N-methyl/N-ethyl adjacent to an activating group) is 1. The molecule has 5 nitrogen and oxygen atoms in total. The van der Waals surface area contributed by atoms with Gasteiger partial charge in [0.25, 0.3) is 0 Å². The summed E-state index contributed by atoms with van der Waals surface area (Å²) in [6.07, 6.45) is 1.83. The van der Waals surface area contributed by atoms with Gasteiger partial charge in [-0.1, -0.05) is 31.5 Å². The minimum atomic E-state index is -1.42. The van der Waals surface area contributed by atoms with Crippen molar-refractivity contribution in [3.05, 3.63) is 59.7 Å². The highest BCUT2D eigenvalue weighted by atomic mass is 16.5. The zero-order valence-electron chi connectivity index (χ0n) is 15.9. The number of carbonyl (C=O) groups excluding carboxylic acids is 2. The number of ether oxygens (including phenoxy) is 1. The summed E-state index contributed by atoms with van der Waals surface area (Å²) in [5.41, 5.74) is -0.431. The van der Waals surface area contributed by atoms with Crippen molar-refractivity contribution in [2.75, 3.05) is 14.1 Å². The largest absolute Gasteiger partial charge is 0.508 e. The van der Waals surface area contributed by atoms with Gasteiger partial charge in [0.15, 0.2) is 11.2 Å². The maximum Gasteiger partial charge on any atom is 0.244 e. The quantitative estimate of drug-likeness (QED) is 0.626. The van der Waals surface area contributed by atoms with Crippen molar-refractivity contribution in [2.24, 2.45) is 0 Å². The summed E-state index contributed by atoms with van der Waals surface area (Å²) in [7, 11) is 3.32. The first kappa shape index (κ1) is 19.0. The summed E-state index contributed by atoms with van der Waals surface area (Å²) in [4.78, 5) is 28.7. The molecule has 0 radical (unpaired) electrons. The lowest BCUT2D eigenvalue weighted by atomic mass is 9.69. The molecule has 1 aliphatic heterocycles. The van der Waals surface area contributed by atoms with Gasteiger partial charge in [-0.25, -0.2) is 0 Å². The summed E-state index contributed by atoms with van der Waals surface area (Å²) in [6.45, 7) is 2.07. The van der Waals surface area contributed by atoms with Crippen LogP contribution in [0.25, 0.3) is 0 Å². The van der Waals surface area contributed by atoms with Crippen LogP contribution in [0.2, 0.25) is 0 Å². The second-order valence-electron chi connectivity index (χ2n) is 7.13. The highest BCUT2D eigenvalue weighted by Gasteiger charge is 2.60. The molecule has 0 spiro atoms. The smallest absolute Gasteiger partial charge is 0.244 e. The third kappa shape index (κ3) is 3.07. The molecule has 0 saturated heterocycles. The van der Waals surface area contributed by atoms with Gasteiger partial charge in [0.2, 0.25) is 5.91 Å². The zero-order chi connectivity index (χ0) is 19.6. The van der Waals surface area contributed by atoms with Crippen molar-refractivity contribution >= 4 is 11.7 Å². The molecule has 2 unspecified atom stereocenters. The van der Waals surface area contributed by atoms with E-state index in [9.17, 15) is 14.7 Å². The molecule has 1 N–H and O–H groups in total. The number of hydrogen-bond donors (Lipinski definition) is 1. The topological polar surface area (TPSA) is 66.8 Å². The minimum Gasteiger partial charge on any atom is -0.508 e. The first-order valence-corrected chi connectivity index (χ1v) is 9.24. The van der Waals surface area contributed by atoms with E-state index in [4.69, 9.17) is 4.74 Å². The molecule has 2 aromatic rings. The number of nitrogens with zero attached hydrogens (tertiary/aromatic N) is 1. The summed E-state index contributed by atoms with van der Waals surface area (Å²) in [6, 6.07) is 13.3. The lowest BCUT2D eigenvalue weighted by Crippen LogP contribution is -2.56. The van der Waals surface area contributed by atoms with Crippen LogP contribution in [-0.2, 0) is 10.2 Å². The molecule has 0 bridgehead atoms. The molecule has 2 atom stereocenters. The average molecular weight is 367 g/mol. The van der Waals surface area contributed by atoms with Crippen LogP contribution >= 0.6 is 0 Å². The molecule has 0 saturated carbocycles. The summed E-state index contributed by atoms with van der Waals surface area (Å²) in [5.74, 6) is 0.0740. The summed E-state index contributed by atoms with van der Waals surface area (Å²) < 4.78 is 6.14. The molecule has 1 aliphatic rings. The molecule has 0 aliphatic carbocycles. The number of phenolic OH excluding ortho intramolecular Hbond substituents is 1. The van der Waals surface area contributed by atoms with Gasteiger partial charge < -0.3 is 14.7 Å². The molecule has 0 aromatic heterocycles. The van der Waals surface area contributed by atoms with Crippen molar-refractivity contribution in [1.82, 2.24) is 4.90 Å². The fraction of sp³-hybridized carbons (Fsp3) is 0.364. The van der Waals surface area contributed by atoms with Crippen molar-refractivity contribution in [3.8, 4) is 11.5 Å². The molecule has 5 heteroatoms. The number of Topliss-reactive ketones (excluding diaryl/α,β-unsaturated/α-hetero) is 1. The van der Waals surface area contributed by atoms with Crippen molar-refractivity contribution < 1.29 is 19.4 Å². The van der Waals surface area contributed by atoms with Gasteiger partial charge >= 0.3 is 0 Å². The SMILES string of the molecule is CCCCC1Oc2ccccc2C1(C(=O)c1ccc(O)cc1)C(=O)N(C)C. The Kier molecular flexibility index (Phi) is 5.22. The van der Waals surface area contributed by atoms with Gasteiger partial charge in [0, 0.05) is 25.2 Å². The summed E-state index contributed by atoms with van der Waals surface area (Å²) in [5, 5.41) is 9.58. The molecule has 0 fully saturated rings. The molecule has 2 aromatic carbocycles. The third-order valence-corrected chi connectivity index (χ3v) is 5.12. The molecule has 142 valence electrons. The molecule has 27 heavy (non-hydrogen) atoms. The van der Waals surface area contributed by atoms with Gasteiger partial charge in [0.1, 0.15) is 17.6 Å². The van der Waals surface area contributed by atoms with Crippen LogP contribution in [0.4, 0.5) is 0 Å². The Morgan fingerprint density at radius 2 is 1.78 bits per heavy atom. The van der Waals surface area contributed by atoms with E-state index in [0.29, 0.717) is 23.3 Å². The number of hydrogen-bond acceptors (Lipinski definition) is 4. The number of unbranched alkanes of at least 4 members (excludes halogenated alkanes) is 1.